The maximum atomic E-state index is 9.23. The van der Waals surface area contributed by atoms with Crippen molar-refractivity contribution >= 4 is 5.69 Å². The fraction of sp³-hybridized carbons (Fsp3) is 0.571. The molecule has 88 valence electrons. The van der Waals surface area contributed by atoms with Crippen molar-refractivity contribution in [2.75, 3.05) is 11.9 Å². The topological polar surface area (TPSA) is 32.3 Å². The molecule has 0 radical (unpaired) electrons. The summed E-state index contributed by atoms with van der Waals surface area (Å²) in [5.74, 6) is 0. The van der Waals surface area contributed by atoms with Crippen molar-refractivity contribution < 1.29 is 5.11 Å². The van der Waals surface area contributed by atoms with Crippen molar-refractivity contribution in [3.05, 3.63) is 29.3 Å². The van der Waals surface area contributed by atoms with E-state index in [1.165, 1.54) is 42.5 Å². The lowest BCUT2D eigenvalue weighted by molar-refractivity contribution is 0.188. The Morgan fingerprint density at radius 3 is 2.94 bits per heavy atom. The molecule has 1 aliphatic carbocycles. The van der Waals surface area contributed by atoms with Crippen LogP contribution in [0.2, 0.25) is 0 Å². The standard InChI is InChI=1S/C14H21NO/c1-11(16)9-10-15-14-8-4-6-12-5-2-3-7-13(12)14/h4,6,8,11,15-16H,2-3,5,7,9-10H2,1H3. The Bertz CT molecular complexity index is 347. The second-order valence-electron chi connectivity index (χ2n) is 4.71. The minimum absolute atomic E-state index is 0.216. The summed E-state index contributed by atoms with van der Waals surface area (Å²) in [5.41, 5.74) is 4.28. The molecule has 0 amide bonds. The highest BCUT2D eigenvalue weighted by molar-refractivity contribution is 5.55. The van der Waals surface area contributed by atoms with Crippen molar-refractivity contribution in [1.29, 1.82) is 0 Å². The monoisotopic (exact) mass is 219 g/mol. The molecule has 1 aliphatic rings. The van der Waals surface area contributed by atoms with Gasteiger partial charge in [0.05, 0.1) is 6.10 Å². The van der Waals surface area contributed by atoms with Gasteiger partial charge in [-0.2, -0.15) is 0 Å². The van der Waals surface area contributed by atoms with Gasteiger partial charge in [-0.25, -0.2) is 0 Å². The predicted molar refractivity (Wildman–Crippen MR) is 67.9 cm³/mol. The normalized spacial score (nSPS) is 16.6. The van der Waals surface area contributed by atoms with Gasteiger partial charge in [-0.3, -0.25) is 0 Å². The number of nitrogens with one attached hydrogen (secondary N) is 1. The summed E-state index contributed by atoms with van der Waals surface area (Å²) in [4.78, 5) is 0. The minimum atomic E-state index is -0.216. The zero-order valence-corrected chi connectivity index (χ0v) is 10.00. The van der Waals surface area contributed by atoms with Crippen LogP contribution >= 0.6 is 0 Å². The fourth-order valence-electron chi connectivity index (χ4n) is 2.36. The number of aliphatic hydroxyl groups is 1. The Morgan fingerprint density at radius 2 is 2.12 bits per heavy atom. The molecule has 0 aromatic heterocycles. The summed E-state index contributed by atoms with van der Waals surface area (Å²) >= 11 is 0. The minimum Gasteiger partial charge on any atom is -0.393 e. The van der Waals surface area contributed by atoms with Crippen LogP contribution in [-0.4, -0.2) is 17.8 Å². The van der Waals surface area contributed by atoms with Crippen LogP contribution in [0.1, 0.15) is 37.3 Å². The zero-order chi connectivity index (χ0) is 11.4. The highest BCUT2D eigenvalue weighted by atomic mass is 16.3. The van der Waals surface area contributed by atoms with Gasteiger partial charge in [0, 0.05) is 12.2 Å². The summed E-state index contributed by atoms with van der Waals surface area (Å²) in [5, 5.41) is 12.7. The van der Waals surface area contributed by atoms with Crippen molar-refractivity contribution in [1.82, 2.24) is 0 Å². The summed E-state index contributed by atoms with van der Waals surface area (Å²) in [7, 11) is 0. The summed E-state index contributed by atoms with van der Waals surface area (Å²) in [6.45, 7) is 2.69. The number of aliphatic hydroxyl groups excluding tert-OH is 1. The highest BCUT2D eigenvalue weighted by Crippen LogP contribution is 2.27. The Morgan fingerprint density at radius 1 is 1.31 bits per heavy atom. The van der Waals surface area contributed by atoms with Gasteiger partial charge in [0.2, 0.25) is 0 Å². The van der Waals surface area contributed by atoms with E-state index in [0.29, 0.717) is 0 Å². The van der Waals surface area contributed by atoms with Crippen LogP contribution in [0.3, 0.4) is 0 Å². The molecule has 0 saturated carbocycles. The number of benzene rings is 1. The summed E-state index contributed by atoms with van der Waals surface area (Å²) in [6.07, 6.45) is 5.65. The van der Waals surface area contributed by atoms with Crippen molar-refractivity contribution in [2.24, 2.45) is 0 Å². The molecule has 2 N–H and O–H groups in total. The maximum absolute atomic E-state index is 9.23. The average molecular weight is 219 g/mol. The van der Waals surface area contributed by atoms with E-state index in [4.69, 9.17) is 0 Å². The molecule has 2 rings (SSSR count). The van der Waals surface area contributed by atoms with Crippen LogP contribution in [-0.2, 0) is 12.8 Å². The Balaban J connectivity index is 2.03. The van der Waals surface area contributed by atoms with Crippen LogP contribution < -0.4 is 5.32 Å². The molecule has 16 heavy (non-hydrogen) atoms. The van der Waals surface area contributed by atoms with E-state index in [0.717, 1.165) is 13.0 Å². The molecule has 0 aliphatic heterocycles. The van der Waals surface area contributed by atoms with E-state index in [9.17, 15) is 5.11 Å². The zero-order valence-electron chi connectivity index (χ0n) is 10.00. The van der Waals surface area contributed by atoms with Crippen LogP contribution in [0.15, 0.2) is 18.2 Å². The molecule has 0 spiro atoms. The van der Waals surface area contributed by atoms with Gasteiger partial charge >= 0.3 is 0 Å². The first kappa shape index (κ1) is 11.5. The third kappa shape index (κ3) is 2.76. The van der Waals surface area contributed by atoms with Crippen LogP contribution in [0.25, 0.3) is 0 Å². The second kappa shape index (κ2) is 5.35. The maximum Gasteiger partial charge on any atom is 0.0528 e. The quantitative estimate of drug-likeness (QED) is 0.816. The molecular formula is C14H21NO. The van der Waals surface area contributed by atoms with E-state index < -0.39 is 0 Å². The highest BCUT2D eigenvalue weighted by Gasteiger charge is 2.12. The summed E-state index contributed by atoms with van der Waals surface area (Å²) < 4.78 is 0. The smallest absolute Gasteiger partial charge is 0.0528 e. The van der Waals surface area contributed by atoms with E-state index in [1.807, 2.05) is 6.92 Å². The van der Waals surface area contributed by atoms with Gasteiger partial charge in [0.25, 0.3) is 0 Å². The lowest BCUT2D eigenvalue weighted by Crippen LogP contribution is -2.13. The van der Waals surface area contributed by atoms with Gasteiger partial charge < -0.3 is 10.4 Å². The SMILES string of the molecule is CC(O)CCNc1cccc2c1CCCC2. The van der Waals surface area contributed by atoms with E-state index >= 15 is 0 Å². The van der Waals surface area contributed by atoms with Crippen molar-refractivity contribution in [3.8, 4) is 0 Å². The molecule has 0 fully saturated rings. The molecule has 0 saturated heterocycles. The van der Waals surface area contributed by atoms with Gasteiger partial charge in [0.1, 0.15) is 0 Å². The summed E-state index contributed by atoms with van der Waals surface area (Å²) in [6, 6.07) is 6.54. The van der Waals surface area contributed by atoms with Crippen molar-refractivity contribution in [2.45, 2.75) is 45.1 Å². The van der Waals surface area contributed by atoms with Crippen LogP contribution in [0, 0.1) is 0 Å². The number of rotatable bonds is 4. The first-order valence-electron chi connectivity index (χ1n) is 6.30. The molecule has 1 atom stereocenters. The molecule has 0 heterocycles. The first-order valence-corrected chi connectivity index (χ1v) is 6.30. The lowest BCUT2D eigenvalue weighted by Gasteiger charge is -2.20. The van der Waals surface area contributed by atoms with E-state index in [-0.39, 0.29) is 6.10 Å². The molecule has 1 aromatic rings. The Kier molecular flexibility index (Phi) is 3.83. The number of hydrogen-bond donors (Lipinski definition) is 2. The third-order valence-electron chi connectivity index (χ3n) is 3.27. The molecule has 2 heteroatoms. The van der Waals surface area contributed by atoms with Gasteiger partial charge in [0.15, 0.2) is 0 Å². The number of fused-ring (bicyclic) bond motifs is 1. The van der Waals surface area contributed by atoms with Gasteiger partial charge in [-0.1, -0.05) is 12.1 Å². The largest absolute Gasteiger partial charge is 0.393 e. The lowest BCUT2D eigenvalue weighted by atomic mass is 9.90. The molecule has 1 unspecified atom stereocenters. The fourth-order valence-corrected chi connectivity index (χ4v) is 2.36. The first-order chi connectivity index (χ1) is 7.77. The van der Waals surface area contributed by atoms with Crippen LogP contribution in [0.4, 0.5) is 5.69 Å². The Labute approximate surface area is 97.7 Å². The number of hydrogen-bond acceptors (Lipinski definition) is 2. The molecule has 0 bridgehead atoms. The number of aryl methyl sites for hydroxylation is 1. The average Bonchev–Trinajstić information content (AvgIpc) is 2.29. The Hall–Kier alpha value is -1.02. The third-order valence-corrected chi connectivity index (χ3v) is 3.27. The van der Waals surface area contributed by atoms with Crippen molar-refractivity contribution in [3.63, 3.8) is 0 Å². The van der Waals surface area contributed by atoms with E-state index in [1.54, 1.807) is 0 Å². The van der Waals surface area contributed by atoms with Gasteiger partial charge in [-0.15, -0.1) is 0 Å². The second-order valence-corrected chi connectivity index (χ2v) is 4.71. The van der Waals surface area contributed by atoms with E-state index in [2.05, 4.69) is 23.5 Å². The van der Waals surface area contributed by atoms with Gasteiger partial charge in [-0.05, 0) is 56.2 Å². The molecule has 2 nitrogen and oxygen atoms in total. The molecular weight excluding hydrogens is 198 g/mol. The van der Waals surface area contributed by atoms with Crippen LogP contribution in [0.5, 0.6) is 0 Å². The molecule has 1 aromatic carbocycles. The predicted octanol–water partition coefficient (Wildman–Crippen LogP) is 2.75. The number of anilines is 1.